The summed E-state index contributed by atoms with van der Waals surface area (Å²) >= 11 is 0. The molecule has 1 amide bonds. The Bertz CT molecular complexity index is 464. The molecule has 0 saturated carbocycles. The molecular formula is C16H26N2O2. The van der Waals surface area contributed by atoms with Crippen molar-refractivity contribution in [2.24, 2.45) is 11.1 Å². The summed E-state index contributed by atoms with van der Waals surface area (Å²) in [7, 11) is 0. The average Bonchev–Trinajstić information content (AvgIpc) is 2.31. The van der Waals surface area contributed by atoms with Crippen LogP contribution >= 0.6 is 0 Å². The van der Waals surface area contributed by atoms with Crippen molar-refractivity contribution in [3.63, 3.8) is 0 Å². The van der Waals surface area contributed by atoms with Crippen molar-refractivity contribution >= 4 is 11.6 Å². The molecule has 112 valence electrons. The highest BCUT2D eigenvalue weighted by molar-refractivity contribution is 5.92. The highest BCUT2D eigenvalue weighted by atomic mass is 16.5. The minimum Gasteiger partial charge on any atom is -0.492 e. The molecule has 1 unspecified atom stereocenters. The SMILES string of the molecule is CCOc1cc(C)ccc1NC(=O)CC(N)C(C)(C)C. The summed E-state index contributed by atoms with van der Waals surface area (Å²) < 4.78 is 5.54. The molecule has 0 spiro atoms. The van der Waals surface area contributed by atoms with Gasteiger partial charge >= 0.3 is 0 Å². The lowest BCUT2D eigenvalue weighted by Gasteiger charge is -2.26. The Labute approximate surface area is 121 Å². The molecule has 1 rings (SSSR count). The number of ether oxygens (including phenoxy) is 1. The molecule has 0 heterocycles. The van der Waals surface area contributed by atoms with E-state index in [0.717, 1.165) is 5.56 Å². The number of amides is 1. The van der Waals surface area contributed by atoms with Gasteiger partial charge in [-0.2, -0.15) is 0 Å². The first-order valence-electron chi connectivity index (χ1n) is 7.03. The first-order valence-corrected chi connectivity index (χ1v) is 7.03. The second-order valence-electron chi connectivity index (χ2n) is 6.16. The number of aryl methyl sites for hydroxylation is 1. The number of nitrogens with one attached hydrogen (secondary N) is 1. The van der Waals surface area contributed by atoms with Crippen molar-refractivity contribution in [3.8, 4) is 5.75 Å². The van der Waals surface area contributed by atoms with Crippen LogP contribution in [0.1, 0.15) is 39.7 Å². The number of hydrogen-bond donors (Lipinski definition) is 2. The Balaban J connectivity index is 2.75. The molecule has 0 radical (unpaired) electrons. The monoisotopic (exact) mass is 278 g/mol. The molecule has 0 fully saturated rings. The third-order valence-corrected chi connectivity index (χ3v) is 3.23. The van der Waals surface area contributed by atoms with Crippen LogP contribution in [0.4, 0.5) is 5.69 Å². The van der Waals surface area contributed by atoms with Gasteiger partial charge in [-0.05, 0) is 37.0 Å². The van der Waals surface area contributed by atoms with Crippen LogP contribution in [-0.4, -0.2) is 18.6 Å². The standard InChI is InChI=1S/C16H26N2O2/c1-6-20-13-9-11(2)7-8-12(13)18-15(19)10-14(17)16(3,4)5/h7-9,14H,6,10,17H2,1-5H3,(H,18,19). The van der Waals surface area contributed by atoms with E-state index in [1.54, 1.807) is 0 Å². The van der Waals surface area contributed by atoms with E-state index in [1.165, 1.54) is 0 Å². The molecule has 0 aliphatic rings. The Morgan fingerprint density at radius 3 is 2.60 bits per heavy atom. The van der Waals surface area contributed by atoms with Crippen molar-refractivity contribution < 1.29 is 9.53 Å². The van der Waals surface area contributed by atoms with Gasteiger partial charge in [-0.15, -0.1) is 0 Å². The highest BCUT2D eigenvalue weighted by Gasteiger charge is 2.23. The fourth-order valence-electron chi connectivity index (χ4n) is 1.71. The zero-order valence-corrected chi connectivity index (χ0v) is 13.1. The van der Waals surface area contributed by atoms with Crippen LogP contribution in [0.3, 0.4) is 0 Å². The second kappa shape index (κ2) is 6.75. The van der Waals surface area contributed by atoms with Gasteiger partial charge in [-0.3, -0.25) is 4.79 Å². The number of rotatable bonds is 5. The lowest BCUT2D eigenvalue weighted by atomic mass is 9.85. The fourth-order valence-corrected chi connectivity index (χ4v) is 1.71. The van der Waals surface area contributed by atoms with E-state index in [2.05, 4.69) is 5.32 Å². The van der Waals surface area contributed by atoms with Gasteiger partial charge in [-0.1, -0.05) is 26.8 Å². The lowest BCUT2D eigenvalue weighted by molar-refractivity contribution is -0.117. The summed E-state index contributed by atoms with van der Waals surface area (Å²) in [5.41, 5.74) is 7.74. The van der Waals surface area contributed by atoms with Crippen LogP contribution in [0.15, 0.2) is 18.2 Å². The third-order valence-electron chi connectivity index (χ3n) is 3.23. The maximum absolute atomic E-state index is 12.1. The van der Waals surface area contributed by atoms with Crippen LogP contribution in [0, 0.1) is 12.3 Å². The van der Waals surface area contributed by atoms with E-state index in [-0.39, 0.29) is 17.4 Å². The average molecular weight is 278 g/mol. The van der Waals surface area contributed by atoms with Crippen molar-refractivity contribution in [1.29, 1.82) is 0 Å². The summed E-state index contributed by atoms with van der Waals surface area (Å²) in [4.78, 5) is 12.1. The Kier molecular flexibility index (Phi) is 5.57. The Morgan fingerprint density at radius 2 is 2.05 bits per heavy atom. The molecule has 0 aliphatic carbocycles. The van der Waals surface area contributed by atoms with Gasteiger partial charge in [0.05, 0.1) is 12.3 Å². The lowest BCUT2D eigenvalue weighted by Crippen LogP contribution is -2.38. The van der Waals surface area contributed by atoms with Crippen LogP contribution in [0.5, 0.6) is 5.75 Å². The molecule has 0 saturated heterocycles. The van der Waals surface area contributed by atoms with Crippen molar-refractivity contribution in [2.45, 2.75) is 47.1 Å². The summed E-state index contributed by atoms with van der Waals surface area (Å²) in [6.07, 6.45) is 0.295. The summed E-state index contributed by atoms with van der Waals surface area (Å²) in [5.74, 6) is 0.613. The normalized spacial score (nSPS) is 12.9. The molecule has 4 nitrogen and oxygen atoms in total. The molecule has 1 aromatic rings. The Hall–Kier alpha value is -1.55. The summed E-state index contributed by atoms with van der Waals surface area (Å²) in [6, 6.07) is 5.55. The van der Waals surface area contributed by atoms with E-state index in [9.17, 15) is 4.79 Å². The van der Waals surface area contributed by atoms with E-state index in [4.69, 9.17) is 10.5 Å². The number of hydrogen-bond acceptors (Lipinski definition) is 3. The van der Waals surface area contributed by atoms with E-state index in [1.807, 2.05) is 52.8 Å². The van der Waals surface area contributed by atoms with E-state index < -0.39 is 0 Å². The number of anilines is 1. The zero-order valence-electron chi connectivity index (χ0n) is 13.1. The molecule has 3 N–H and O–H groups in total. The number of carbonyl (C=O) groups is 1. The van der Waals surface area contributed by atoms with Crippen molar-refractivity contribution in [3.05, 3.63) is 23.8 Å². The van der Waals surface area contributed by atoms with Gasteiger partial charge < -0.3 is 15.8 Å². The number of carbonyl (C=O) groups excluding carboxylic acids is 1. The van der Waals surface area contributed by atoms with Crippen molar-refractivity contribution in [1.82, 2.24) is 0 Å². The molecule has 1 atom stereocenters. The van der Waals surface area contributed by atoms with Crippen LogP contribution in [0.25, 0.3) is 0 Å². The largest absolute Gasteiger partial charge is 0.492 e. The van der Waals surface area contributed by atoms with Gasteiger partial charge in [0.25, 0.3) is 0 Å². The summed E-state index contributed by atoms with van der Waals surface area (Å²) in [6.45, 7) is 10.6. The minimum atomic E-state index is -0.177. The molecule has 0 aromatic heterocycles. The first kappa shape index (κ1) is 16.5. The van der Waals surface area contributed by atoms with Crippen molar-refractivity contribution in [2.75, 3.05) is 11.9 Å². The highest BCUT2D eigenvalue weighted by Crippen LogP contribution is 2.26. The van der Waals surface area contributed by atoms with Gasteiger partial charge in [0.1, 0.15) is 5.75 Å². The molecule has 0 bridgehead atoms. The molecule has 1 aromatic carbocycles. The number of nitrogens with two attached hydrogens (primary N) is 1. The third kappa shape index (κ3) is 4.85. The van der Waals surface area contributed by atoms with E-state index >= 15 is 0 Å². The van der Waals surface area contributed by atoms with Gasteiger partial charge in [0.15, 0.2) is 0 Å². The van der Waals surface area contributed by atoms with Gasteiger partial charge in [-0.25, -0.2) is 0 Å². The number of benzene rings is 1. The quantitative estimate of drug-likeness (QED) is 0.870. The maximum Gasteiger partial charge on any atom is 0.226 e. The first-order chi connectivity index (χ1) is 9.24. The minimum absolute atomic E-state index is 0.0859. The Morgan fingerprint density at radius 1 is 1.40 bits per heavy atom. The van der Waals surface area contributed by atoms with Crippen LogP contribution < -0.4 is 15.8 Å². The van der Waals surface area contributed by atoms with E-state index in [0.29, 0.717) is 24.5 Å². The molecule has 20 heavy (non-hydrogen) atoms. The topological polar surface area (TPSA) is 64.3 Å². The molecule has 0 aliphatic heterocycles. The predicted molar refractivity (Wildman–Crippen MR) is 83.0 cm³/mol. The van der Waals surface area contributed by atoms with Crippen LogP contribution in [0.2, 0.25) is 0 Å². The van der Waals surface area contributed by atoms with Gasteiger partial charge in [0.2, 0.25) is 5.91 Å². The van der Waals surface area contributed by atoms with Gasteiger partial charge in [0, 0.05) is 12.5 Å². The smallest absolute Gasteiger partial charge is 0.226 e. The predicted octanol–water partition coefficient (Wildman–Crippen LogP) is 3.10. The fraction of sp³-hybridized carbons (Fsp3) is 0.562. The van der Waals surface area contributed by atoms with Crippen LogP contribution in [-0.2, 0) is 4.79 Å². The molecule has 4 heteroatoms. The second-order valence-corrected chi connectivity index (χ2v) is 6.16. The zero-order chi connectivity index (χ0) is 15.3. The summed E-state index contributed by atoms with van der Waals surface area (Å²) in [5, 5.41) is 2.88. The molecular weight excluding hydrogens is 252 g/mol. The maximum atomic E-state index is 12.1.